The Bertz CT molecular complexity index is 795. The van der Waals surface area contributed by atoms with Crippen molar-refractivity contribution in [2.75, 3.05) is 0 Å². The third-order valence-corrected chi connectivity index (χ3v) is 4.93. The van der Waals surface area contributed by atoms with Crippen molar-refractivity contribution in [3.05, 3.63) is 68.7 Å². The molecule has 1 aliphatic rings. The third kappa shape index (κ3) is 4.18. The highest BCUT2D eigenvalue weighted by Crippen LogP contribution is 2.40. The van der Waals surface area contributed by atoms with Crippen LogP contribution in [0.15, 0.2) is 36.4 Å². The van der Waals surface area contributed by atoms with Crippen LogP contribution in [0.3, 0.4) is 0 Å². The molecule has 0 heterocycles. The standard InChI is InChI=1S/C19H15Cl2F3O/c20-15-7-14(8-16(21)9-15)17(19(22,23)24)10-18(25)13-5-4-11-2-1-3-12(11)6-13/h4-9,17H,1-3,10H2/t17-/m0/s1. The summed E-state index contributed by atoms with van der Waals surface area (Å²) in [6.45, 7) is 0. The van der Waals surface area contributed by atoms with Gasteiger partial charge in [-0.15, -0.1) is 0 Å². The van der Waals surface area contributed by atoms with Gasteiger partial charge in [-0.05, 0) is 60.2 Å². The van der Waals surface area contributed by atoms with Crippen molar-refractivity contribution in [3.8, 4) is 0 Å². The molecule has 0 amide bonds. The van der Waals surface area contributed by atoms with Crippen LogP contribution in [0.1, 0.15) is 45.8 Å². The first kappa shape index (κ1) is 18.3. The number of carbonyl (C=O) groups is 1. The first-order valence-electron chi connectivity index (χ1n) is 7.92. The first-order valence-corrected chi connectivity index (χ1v) is 8.67. The minimum atomic E-state index is -4.57. The summed E-state index contributed by atoms with van der Waals surface area (Å²) in [5.74, 6) is -2.47. The number of rotatable bonds is 4. The van der Waals surface area contributed by atoms with Gasteiger partial charge in [-0.3, -0.25) is 4.79 Å². The summed E-state index contributed by atoms with van der Waals surface area (Å²) in [5, 5.41) is 0.225. The largest absolute Gasteiger partial charge is 0.396 e. The van der Waals surface area contributed by atoms with Crippen LogP contribution in [-0.4, -0.2) is 12.0 Å². The van der Waals surface area contributed by atoms with Crippen molar-refractivity contribution in [3.63, 3.8) is 0 Å². The lowest BCUT2D eigenvalue weighted by Gasteiger charge is -2.21. The molecule has 25 heavy (non-hydrogen) atoms. The molecule has 3 rings (SSSR count). The van der Waals surface area contributed by atoms with Crippen molar-refractivity contribution in [2.45, 2.75) is 37.8 Å². The molecule has 0 saturated carbocycles. The zero-order valence-electron chi connectivity index (χ0n) is 13.2. The van der Waals surface area contributed by atoms with Crippen molar-refractivity contribution >= 4 is 29.0 Å². The number of aryl methyl sites for hydroxylation is 2. The highest BCUT2D eigenvalue weighted by atomic mass is 35.5. The van der Waals surface area contributed by atoms with Crippen LogP contribution in [0.2, 0.25) is 10.0 Å². The van der Waals surface area contributed by atoms with Gasteiger partial charge in [0.05, 0.1) is 5.92 Å². The average molecular weight is 387 g/mol. The normalized spacial score (nSPS) is 15.1. The summed E-state index contributed by atoms with van der Waals surface area (Å²) in [6, 6.07) is 8.97. The molecule has 1 nitrogen and oxygen atoms in total. The Morgan fingerprint density at radius 2 is 1.64 bits per heavy atom. The van der Waals surface area contributed by atoms with Gasteiger partial charge in [0.15, 0.2) is 5.78 Å². The fourth-order valence-electron chi connectivity index (χ4n) is 3.25. The van der Waals surface area contributed by atoms with E-state index in [2.05, 4.69) is 0 Å². The van der Waals surface area contributed by atoms with Crippen LogP contribution in [0.4, 0.5) is 13.2 Å². The van der Waals surface area contributed by atoms with Crippen LogP contribution in [0.25, 0.3) is 0 Å². The van der Waals surface area contributed by atoms with E-state index in [4.69, 9.17) is 23.2 Å². The molecule has 0 spiro atoms. The van der Waals surface area contributed by atoms with E-state index in [0.717, 1.165) is 24.8 Å². The lowest BCUT2D eigenvalue weighted by Crippen LogP contribution is -2.24. The Kier molecular flexibility index (Phi) is 5.12. The Labute approximate surface area is 153 Å². The maximum absolute atomic E-state index is 13.5. The smallest absolute Gasteiger partial charge is 0.294 e. The zero-order chi connectivity index (χ0) is 18.2. The van der Waals surface area contributed by atoms with Crippen LogP contribution < -0.4 is 0 Å². The molecule has 2 aromatic carbocycles. The Hall–Kier alpha value is -1.52. The number of fused-ring (bicyclic) bond motifs is 1. The van der Waals surface area contributed by atoms with E-state index >= 15 is 0 Å². The quantitative estimate of drug-likeness (QED) is 0.555. The Morgan fingerprint density at radius 3 is 2.28 bits per heavy atom. The van der Waals surface area contributed by atoms with Crippen LogP contribution in [0.5, 0.6) is 0 Å². The maximum atomic E-state index is 13.5. The molecule has 1 aliphatic carbocycles. The molecule has 0 radical (unpaired) electrons. The molecule has 0 saturated heterocycles. The molecule has 2 aromatic rings. The summed E-state index contributed by atoms with van der Waals surface area (Å²) in [5.41, 5.74) is 2.45. The lowest BCUT2D eigenvalue weighted by molar-refractivity contribution is -0.149. The van der Waals surface area contributed by atoms with E-state index in [1.165, 1.54) is 23.8 Å². The van der Waals surface area contributed by atoms with Crippen LogP contribution in [-0.2, 0) is 12.8 Å². The van der Waals surface area contributed by atoms with E-state index in [-0.39, 0.29) is 15.6 Å². The van der Waals surface area contributed by atoms with Gasteiger partial charge in [0.1, 0.15) is 0 Å². The Balaban J connectivity index is 1.89. The van der Waals surface area contributed by atoms with Crippen molar-refractivity contribution in [2.24, 2.45) is 0 Å². The molecule has 1 atom stereocenters. The van der Waals surface area contributed by atoms with E-state index in [1.807, 2.05) is 6.07 Å². The van der Waals surface area contributed by atoms with Crippen molar-refractivity contribution < 1.29 is 18.0 Å². The Morgan fingerprint density at radius 1 is 1.00 bits per heavy atom. The number of hydrogen-bond acceptors (Lipinski definition) is 1. The van der Waals surface area contributed by atoms with Gasteiger partial charge in [-0.2, -0.15) is 13.2 Å². The zero-order valence-corrected chi connectivity index (χ0v) is 14.7. The summed E-state index contributed by atoms with van der Waals surface area (Å²) in [4.78, 5) is 12.5. The highest BCUT2D eigenvalue weighted by molar-refractivity contribution is 6.34. The van der Waals surface area contributed by atoms with Gasteiger partial charge >= 0.3 is 6.18 Å². The number of alkyl halides is 3. The molecular weight excluding hydrogens is 372 g/mol. The predicted molar refractivity (Wildman–Crippen MR) is 92.7 cm³/mol. The number of halogens is 5. The summed E-state index contributed by atoms with van der Waals surface area (Å²) >= 11 is 11.7. The topological polar surface area (TPSA) is 17.1 Å². The molecule has 0 fully saturated rings. The second-order valence-corrected chi connectivity index (χ2v) is 7.13. The highest BCUT2D eigenvalue weighted by Gasteiger charge is 2.42. The fraction of sp³-hybridized carbons (Fsp3) is 0.316. The van der Waals surface area contributed by atoms with E-state index < -0.39 is 24.3 Å². The molecule has 6 heteroatoms. The second-order valence-electron chi connectivity index (χ2n) is 6.26. The third-order valence-electron chi connectivity index (χ3n) is 4.49. The number of Topliss-reactive ketones (excluding diaryl/α,β-unsaturated/α-hetero) is 1. The van der Waals surface area contributed by atoms with Crippen LogP contribution in [0, 0.1) is 0 Å². The number of benzene rings is 2. The predicted octanol–water partition coefficient (Wildman–Crippen LogP) is 6.40. The molecule has 0 aromatic heterocycles. The van der Waals surface area contributed by atoms with Gasteiger partial charge in [0, 0.05) is 22.0 Å². The van der Waals surface area contributed by atoms with Gasteiger partial charge in [0.2, 0.25) is 0 Å². The first-order chi connectivity index (χ1) is 11.7. The number of ketones is 1. The fourth-order valence-corrected chi connectivity index (χ4v) is 3.79. The average Bonchev–Trinajstić information content (AvgIpc) is 2.97. The van der Waals surface area contributed by atoms with Gasteiger partial charge in [0.25, 0.3) is 0 Å². The SMILES string of the molecule is O=C(C[C@@H](c1cc(Cl)cc(Cl)c1)C(F)(F)F)c1ccc2c(c1)CCC2. The summed E-state index contributed by atoms with van der Waals surface area (Å²) in [7, 11) is 0. The summed E-state index contributed by atoms with van der Waals surface area (Å²) in [6.07, 6.45) is -2.41. The molecule has 0 aliphatic heterocycles. The van der Waals surface area contributed by atoms with E-state index in [0.29, 0.717) is 5.56 Å². The monoisotopic (exact) mass is 386 g/mol. The molecule has 0 bridgehead atoms. The van der Waals surface area contributed by atoms with Crippen LogP contribution >= 0.6 is 23.2 Å². The molecule has 0 N–H and O–H groups in total. The second kappa shape index (κ2) is 7.00. The van der Waals surface area contributed by atoms with Crippen molar-refractivity contribution in [1.29, 1.82) is 0 Å². The molecule has 0 unspecified atom stereocenters. The van der Waals surface area contributed by atoms with E-state index in [9.17, 15) is 18.0 Å². The minimum absolute atomic E-state index is 0.0977. The van der Waals surface area contributed by atoms with Crippen molar-refractivity contribution in [1.82, 2.24) is 0 Å². The van der Waals surface area contributed by atoms with E-state index in [1.54, 1.807) is 12.1 Å². The molecule has 132 valence electrons. The van der Waals surface area contributed by atoms with Gasteiger partial charge < -0.3 is 0 Å². The minimum Gasteiger partial charge on any atom is -0.294 e. The summed E-state index contributed by atoms with van der Waals surface area (Å²) < 4.78 is 40.6. The number of carbonyl (C=O) groups excluding carboxylic acids is 1. The van der Waals surface area contributed by atoms with Gasteiger partial charge in [-0.1, -0.05) is 35.3 Å². The lowest BCUT2D eigenvalue weighted by atomic mass is 9.90. The number of hydrogen-bond donors (Lipinski definition) is 0. The maximum Gasteiger partial charge on any atom is 0.396 e. The molecular formula is C19H15Cl2F3O. The van der Waals surface area contributed by atoms with Gasteiger partial charge in [-0.25, -0.2) is 0 Å².